The van der Waals surface area contributed by atoms with E-state index < -0.39 is 0 Å². The highest BCUT2D eigenvalue weighted by molar-refractivity contribution is 6.07. The molecule has 0 fully saturated rings. The normalized spacial score (nSPS) is 11.7. The van der Waals surface area contributed by atoms with Crippen molar-refractivity contribution in [3.05, 3.63) is 48.5 Å². The lowest BCUT2D eigenvalue weighted by Gasteiger charge is -2.15. The molecule has 19 heavy (non-hydrogen) atoms. The second-order valence-corrected chi connectivity index (χ2v) is 5.33. The smallest absolute Gasteiger partial charge is 0.0491 e. The first-order valence-corrected chi connectivity index (χ1v) is 7.31. The lowest BCUT2D eigenvalue weighted by atomic mass is 10.0. The summed E-state index contributed by atoms with van der Waals surface area (Å²) in [6.07, 6.45) is 2.49. The van der Waals surface area contributed by atoms with E-state index in [1.54, 1.807) is 0 Å². The Morgan fingerprint density at radius 1 is 0.789 bits per heavy atom. The molecule has 0 aliphatic carbocycles. The Bertz CT molecular complexity index is 636. The van der Waals surface area contributed by atoms with Crippen molar-refractivity contribution in [3.63, 3.8) is 0 Å². The number of para-hydroxylation sites is 2. The highest BCUT2D eigenvalue weighted by Gasteiger charge is 2.12. The molecule has 0 radical (unpaired) electrons. The molecule has 0 saturated carbocycles. The van der Waals surface area contributed by atoms with E-state index in [4.69, 9.17) is 0 Å². The molecule has 0 aliphatic rings. The van der Waals surface area contributed by atoms with Gasteiger partial charge in [0.1, 0.15) is 0 Å². The minimum atomic E-state index is 0.763. The topological polar surface area (TPSA) is 4.93 Å². The monoisotopic (exact) mass is 251 g/mol. The Kier molecular flexibility index (Phi) is 3.29. The van der Waals surface area contributed by atoms with Gasteiger partial charge in [-0.05, 0) is 18.1 Å². The number of aromatic nitrogens is 1. The first kappa shape index (κ1) is 12.3. The molecule has 0 atom stereocenters. The van der Waals surface area contributed by atoms with E-state index in [1.165, 1.54) is 34.6 Å². The minimum Gasteiger partial charge on any atom is -0.340 e. The average molecular weight is 251 g/mol. The quantitative estimate of drug-likeness (QED) is 0.598. The minimum absolute atomic E-state index is 0.763. The van der Waals surface area contributed by atoms with Gasteiger partial charge in [-0.2, -0.15) is 0 Å². The van der Waals surface area contributed by atoms with Gasteiger partial charge in [-0.25, -0.2) is 0 Å². The molecule has 1 aromatic heterocycles. The summed E-state index contributed by atoms with van der Waals surface area (Å²) in [4.78, 5) is 0. The Labute approximate surface area is 114 Å². The van der Waals surface area contributed by atoms with E-state index in [0.29, 0.717) is 0 Å². The second-order valence-electron chi connectivity index (χ2n) is 5.33. The SMILES string of the molecule is CCC(CC)Cn1c2ccccc2c2ccccc21. The molecule has 2 aromatic carbocycles. The largest absolute Gasteiger partial charge is 0.340 e. The van der Waals surface area contributed by atoms with Crippen LogP contribution >= 0.6 is 0 Å². The van der Waals surface area contributed by atoms with E-state index in [2.05, 4.69) is 66.9 Å². The Morgan fingerprint density at radius 2 is 1.26 bits per heavy atom. The van der Waals surface area contributed by atoms with Crippen LogP contribution in [0, 0.1) is 5.92 Å². The molecule has 3 aromatic rings. The molecule has 1 nitrogen and oxygen atoms in total. The lowest BCUT2D eigenvalue weighted by molar-refractivity contribution is 0.431. The number of hydrogen-bond donors (Lipinski definition) is 0. The van der Waals surface area contributed by atoms with Crippen LogP contribution < -0.4 is 0 Å². The molecule has 3 rings (SSSR count). The Hall–Kier alpha value is -1.76. The summed E-state index contributed by atoms with van der Waals surface area (Å²) in [5.41, 5.74) is 2.74. The third-order valence-electron chi connectivity index (χ3n) is 4.28. The van der Waals surface area contributed by atoms with Gasteiger partial charge in [0, 0.05) is 28.4 Å². The number of fused-ring (bicyclic) bond motifs is 3. The fraction of sp³-hybridized carbons (Fsp3) is 0.333. The molecule has 0 amide bonds. The molecular weight excluding hydrogens is 230 g/mol. The maximum atomic E-state index is 2.50. The van der Waals surface area contributed by atoms with Crippen molar-refractivity contribution in [1.29, 1.82) is 0 Å². The zero-order valence-corrected chi connectivity index (χ0v) is 11.8. The van der Waals surface area contributed by atoms with E-state index >= 15 is 0 Å². The Morgan fingerprint density at radius 3 is 1.74 bits per heavy atom. The van der Waals surface area contributed by atoms with Crippen molar-refractivity contribution in [2.24, 2.45) is 5.92 Å². The van der Waals surface area contributed by atoms with Crippen molar-refractivity contribution in [3.8, 4) is 0 Å². The predicted octanol–water partition coefficient (Wildman–Crippen LogP) is 5.23. The summed E-state index contributed by atoms with van der Waals surface area (Å²) in [7, 11) is 0. The molecule has 1 heteroatoms. The number of hydrogen-bond acceptors (Lipinski definition) is 0. The standard InChI is InChI=1S/C18H21N/c1-3-14(4-2)13-19-17-11-7-5-9-15(17)16-10-6-8-12-18(16)19/h5-12,14H,3-4,13H2,1-2H3. The first-order valence-electron chi connectivity index (χ1n) is 7.31. The van der Waals surface area contributed by atoms with Crippen LogP contribution in [0.2, 0.25) is 0 Å². The summed E-state index contributed by atoms with van der Waals surface area (Å²) >= 11 is 0. The van der Waals surface area contributed by atoms with Gasteiger partial charge >= 0.3 is 0 Å². The van der Waals surface area contributed by atoms with Crippen LogP contribution in [0.3, 0.4) is 0 Å². The zero-order valence-electron chi connectivity index (χ0n) is 11.8. The third-order valence-corrected chi connectivity index (χ3v) is 4.28. The molecule has 1 heterocycles. The second kappa shape index (κ2) is 5.08. The summed E-state index contributed by atoms with van der Waals surface area (Å²) in [6, 6.07) is 17.5. The zero-order chi connectivity index (χ0) is 13.2. The van der Waals surface area contributed by atoms with E-state index in [-0.39, 0.29) is 0 Å². The van der Waals surface area contributed by atoms with Gasteiger partial charge in [-0.15, -0.1) is 0 Å². The van der Waals surface area contributed by atoms with E-state index in [9.17, 15) is 0 Å². The van der Waals surface area contributed by atoms with Crippen molar-refractivity contribution in [2.45, 2.75) is 33.2 Å². The van der Waals surface area contributed by atoms with Crippen molar-refractivity contribution >= 4 is 21.8 Å². The molecule has 0 unspecified atom stereocenters. The van der Waals surface area contributed by atoms with Gasteiger partial charge < -0.3 is 4.57 Å². The summed E-state index contributed by atoms with van der Waals surface area (Å²) < 4.78 is 2.50. The summed E-state index contributed by atoms with van der Waals surface area (Å²) in [5.74, 6) is 0.763. The fourth-order valence-electron chi connectivity index (χ4n) is 3.01. The molecule has 0 saturated heterocycles. The van der Waals surface area contributed by atoms with E-state index in [0.717, 1.165) is 12.5 Å². The van der Waals surface area contributed by atoms with Gasteiger partial charge in [0.25, 0.3) is 0 Å². The molecule has 0 bridgehead atoms. The Balaban J connectivity index is 2.24. The van der Waals surface area contributed by atoms with Crippen LogP contribution in [0.5, 0.6) is 0 Å². The summed E-state index contributed by atoms with van der Waals surface area (Å²) in [6.45, 7) is 5.71. The third kappa shape index (κ3) is 2.03. The molecule has 98 valence electrons. The van der Waals surface area contributed by atoms with Crippen LogP contribution in [-0.2, 0) is 6.54 Å². The maximum absolute atomic E-state index is 2.50. The molecule has 0 aliphatic heterocycles. The van der Waals surface area contributed by atoms with Gasteiger partial charge in [-0.3, -0.25) is 0 Å². The van der Waals surface area contributed by atoms with Crippen molar-refractivity contribution in [2.75, 3.05) is 0 Å². The number of benzene rings is 2. The first-order chi connectivity index (χ1) is 9.35. The lowest BCUT2D eigenvalue weighted by Crippen LogP contribution is -2.08. The molecule has 0 spiro atoms. The van der Waals surface area contributed by atoms with Crippen LogP contribution in [0.25, 0.3) is 21.8 Å². The van der Waals surface area contributed by atoms with Crippen LogP contribution in [-0.4, -0.2) is 4.57 Å². The fourth-order valence-corrected chi connectivity index (χ4v) is 3.01. The van der Waals surface area contributed by atoms with Gasteiger partial charge in [0.05, 0.1) is 0 Å². The predicted molar refractivity (Wildman–Crippen MR) is 83.5 cm³/mol. The van der Waals surface area contributed by atoms with Crippen LogP contribution in [0.15, 0.2) is 48.5 Å². The van der Waals surface area contributed by atoms with Gasteiger partial charge in [-0.1, -0.05) is 63.1 Å². The van der Waals surface area contributed by atoms with Crippen LogP contribution in [0.4, 0.5) is 0 Å². The van der Waals surface area contributed by atoms with Gasteiger partial charge in [0.2, 0.25) is 0 Å². The number of nitrogens with zero attached hydrogens (tertiary/aromatic N) is 1. The number of rotatable bonds is 4. The van der Waals surface area contributed by atoms with Crippen molar-refractivity contribution in [1.82, 2.24) is 4.57 Å². The summed E-state index contributed by atoms with van der Waals surface area (Å²) in [5, 5.41) is 2.76. The maximum Gasteiger partial charge on any atom is 0.0491 e. The highest BCUT2D eigenvalue weighted by Crippen LogP contribution is 2.30. The van der Waals surface area contributed by atoms with E-state index in [1.807, 2.05) is 0 Å². The van der Waals surface area contributed by atoms with Crippen LogP contribution in [0.1, 0.15) is 26.7 Å². The molecule has 0 N–H and O–H groups in total. The molecular formula is C18H21N. The average Bonchev–Trinajstić information content (AvgIpc) is 2.79. The van der Waals surface area contributed by atoms with Crippen molar-refractivity contribution < 1.29 is 0 Å². The van der Waals surface area contributed by atoms with Gasteiger partial charge in [0.15, 0.2) is 0 Å². The highest BCUT2D eigenvalue weighted by atomic mass is 15.0.